The minimum atomic E-state index is -4.96. The molecule has 0 heterocycles. The predicted octanol–water partition coefficient (Wildman–Crippen LogP) is 24.3. The van der Waals surface area contributed by atoms with Gasteiger partial charge in [-0.1, -0.05) is 375 Å². The Bertz CT molecular complexity index is 1920. The fourth-order valence-electron chi connectivity index (χ4n) is 12.5. The van der Waals surface area contributed by atoms with Crippen molar-refractivity contribution in [2.45, 2.75) is 445 Å². The zero-order valence-corrected chi connectivity index (χ0v) is 67.3. The van der Waals surface area contributed by atoms with Gasteiger partial charge in [-0.3, -0.25) is 37.3 Å². The molecule has 0 aromatic rings. The predicted molar refractivity (Wildman–Crippen MR) is 409 cm³/mol. The molecular weight excluding hydrogens is 1310 g/mol. The highest BCUT2D eigenvalue weighted by molar-refractivity contribution is 7.47. The smallest absolute Gasteiger partial charge is 0.462 e. The molecule has 17 nitrogen and oxygen atoms in total. The van der Waals surface area contributed by atoms with Crippen LogP contribution in [-0.2, 0) is 65.4 Å². The number of phosphoric ester groups is 2. The Kier molecular flexibility index (Phi) is 71.2. The molecule has 0 fully saturated rings. The van der Waals surface area contributed by atoms with Crippen molar-refractivity contribution in [1.29, 1.82) is 0 Å². The minimum absolute atomic E-state index is 0.106. The van der Waals surface area contributed by atoms with Gasteiger partial charge >= 0.3 is 39.5 Å². The second-order valence-corrected chi connectivity index (χ2v) is 33.0. The summed E-state index contributed by atoms with van der Waals surface area (Å²) < 4.78 is 68.7. The molecule has 3 N–H and O–H groups in total. The van der Waals surface area contributed by atoms with E-state index in [1.807, 2.05) is 0 Å². The van der Waals surface area contributed by atoms with Crippen LogP contribution >= 0.6 is 15.6 Å². The number of unbranched alkanes of at least 4 members (excludes halogenated alkanes) is 50. The van der Waals surface area contributed by atoms with Crippen LogP contribution in [0.4, 0.5) is 0 Å². The van der Waals surface area contributed by atoms with E-state index in [0.717, 1.165) is 102 Å². The molecule has 0 rings (SSSR count). The van der Waals surface area contributed by atoms with E-state index in [4.69, 9.17) is 37.0 Å². The summed E-state index contributed by atoms with van der Waals surface area (Å²) in [4.78, 5) is 73.0. The minimum Gasteiger partial charge on any atom is -0.462 e. The Morgan fingerprint density at radius 1 is 0.270 bits per heavy atom. The van der Waals surface area contributed by atoms with Gasteiger partial charge in [0.2, 0.25) is 0 Å². The van der Waals surface area contributed by atoms with Crippen LogP contribution in [0.25, 0.3) is 0 Å². The number of esters is 4. The molecule has 0 radical (unpaired) electrons. The van der Waals surface area contributed by atoms with Crippen molar-refractivity contribution in [3.8, 4) is 0 Å². The lowest BCUT2D eigenvalue weighted by Crippen LogP contribution is -2.30. The van der Waals surface area contributed by atoms with Crippen LogP contribution in [0.5, 0.6) is 0 Å². The van der Waals surface area contributed by atoms with Crippen LogP contribution in [0.3, 0.4) is 0 Å². The lowest BCUT2D eigenvalue weighted by atomic mass is 10.0. The highest BCUT2D eigenvalue weighted by Gasteiger charge is 2.30. The number of aliphatic hydroxyl groups excluding tert-OH is 1. The molecule has 19 heteroatoms. The monoisotopic (exact) mass is 1470 g/mol. The van der Waals surface area contributed by atoms with Crippen LogP contribution in [0.2, 0.25) is 0 Å². The standard InChI is InChI=1S/C81H158O17P2/c1-7-9-11-13-15-17-19-20-21-22-26-29-33-40-46-52-58-64-79(84)92-70-76(97-80(85)65-59-53-47-41-34-30-27-24-23-25-28-32-37-43-49-55-61-73(3)4)71-95-99(87,88)93-67-75(82)68-94-100(89,90)96-72-77(69-91-78(83)63-57-51-45-39-31-18-16-14-12-10-8-2)98-81(86)66-60-54-48-42-36-35-38-44-50-56-62-74(5)6/h73-77,82H,7-72H2,1-6H3,(H,87,88)(H,89,90)/t75-,76-,77-/m1/s1. The van der Waals surface area contributed by atoms with Gasteiger partial charge in [-0.2, -0.15) is 0 Å². The first kappa shape index (κ1) is 98.1. The summed E-state index contributed by atoms with van der Waals surface area (Å²) in [5.41, 5.74) is 0. The van der Waals surface area contributed by atoms with Crippen molar-refractivity contribution in [1.82, 2.24) is 0 Å². The molecule has 0 aromatic carbocycles. The Morgan fingerprint density at radius 3 is 0.680 bits per heavy atom. The van der Waals surface area contributed by atoms with Gasteiger partial charge in [-0.05, 0) is 37.5 Å². The van der Waals surface area contributed by atoms with Gasteiger partial charge in [0.25, 0.3) is 0 Å². The number of ether oxygens (including phenoxy) is 4. The van der Waals surface area contributed by atoms with Crippen molar-refractivity contribution in [3.63, 3.8) is 0 Å². The Balaban J connectivity index is 5.24. The fourth-order valence-corrected chi connectivity index (χ4v) is 14.1. The summed E-state index contributed by atoms with van der Waals surface area (Å²) in [6, 6.07) is 0. The van der Waals surface area contributed by atoms with Crippen molar-refractivity contribution in [2.24, 2.45) is 11.8 Å². The molecule has 5 atom stereocenters. The van der Waals surface area contributed by atoms with Crippen LogP contribution in [0.15, 0.2) is 0 Å². The first-order valence-corrected chi connectivity index (χ1v) is 45.0. The molecule has 0 spiro atoms. The lowest BCUT2D eigenvalue weighted by molar-refractivity contribution is -0.161. The van der Waals surface area contributed by atoms with Crippen molar-refractivity contribution >= 4 is 39.5 Å². The van der Waals surface area contributed by atoms with Crippen LogP contribution < -0.4 is 0 Å². The van der Waals surface area contributed by atoms with E-state index in [1.165, 1.54) is 244 Å². The first-order chi connectivity index (χ1) is 48.4. The molecule has 0 aliphatic heterocycles. The molecule has 594 valence electrons. The third kappa shape index (κ3) is 74.3. The highest BCUT2D eigenvalue weighted by Crippen LogP contribution is 2.45. The number of hydrogen-bond donors (Lipinski definition) is 3. The summed E-state index contributed by atoms with van der Waals surface area (Å²) in [7, 11) is -9.92. The number of aliphatic hydroxyl groups is 1. The lowest BCUT2D eigenvalue weighted by Gasteiger charge is -2.21. The molecule has 0 saturated heterocycles. The van der Waals surface area contributed by atoms with Crippen LogP contribution in [0.1, 0.15) is 427 Å². The Morgan fingerprint density at radius 2 is 0.460 bits per heavy atom. The van der Waals surface area contributed by atoms with E-state index >= 15 is 0 Å². The molecule has 100 heavy (non-hydrogen) atoms. The van der Waals surface area contributed by atoms with E-state index in [2.05, 4.69) is 41.5 Å². The second-order valence-electron chi connectivity index (χ2n) is 30.1. The van der Waals surface area contributed by atoms with E-state index in [0.29, 0.717) is 25.7 Å². The maximum Gasteiger partial charge on any atom is 0.472 e. The van der Waals surface area contributed by atoms with E-state index < -0.39 is 97.5 Å². The molecule has 2 unspecified atom stereocenters. The molecule has 0 aromatic heterocycles. The molecular formula is C81H158O17P2. The largest absolute Gasteiger partial charge is 0.472 e. The second kappa shape index (κ2) is 72.6. The number of hydrogen-bond acceptors (Lipinski definition) is 15. The molecule has 0 aliphatic rings. The zero-order chi connectivity index (χ0) is 73.5. The van der Waals surface area contributed by atoms with Gasteiger partial charge in [0, 0.05) is 25.7 Å². The summed E-state index contributed by atoms with van der Waals surface area (Å²) in [6.07, 6.45) is 62.4. The average molecular weight is 1470 g/mol. The SMILES string of the molecule is CCCCCCCCCCCCCCCCCCCC(=O)OC[C@H](COP(=O)(O)OC[C@@H](O)COP(=O)(O)OC[C@@H](COC(=O)CCCCCCCCCCCCC)OC(=O)CCCCCCCCCCCCC(C)C)OC(=O)CCCCCCCCCCCCCCCCCCC(C)C. The summed E-state index contributed by atoms with van der Waals surface area (Å²) >= 11 is 0. The van der Waals surface area contributed by atoms with Gasteiger partial charge in [0.05, 0.1) is 26.4 Å². The third-order valence-electron chi connectivity index (χ3n) is 19.0. The Hall–Kier alpha value is -1.94. The maximum atomic E-state index is 13.1. The van der Waals surface area contributed by atoms with Gasteiger partial charge < -0.3 is 33.8 Å². The number of rotatable bonds is 80. The van der Waals surface area contributed by atoms with E-state index in [-0.39, 0.29) is 25.7 Å². The molecule has 0 saturated carbocycles. The fraction of sp³-hybridized carbons (Fsp3) is 0.951. The third-order valence-corrected chi connectivity index (χ3v) is 20.9. The summed E-state index contributed by atoms with van der Waals surface area (Å²) in [5.74, 6) is -0.546. The van der Waals surface area contributed by atoms with Gasteiger partial charge in [-0.25, -0.2) is 9.13 Å². The molecule has 0 aliphatic carbocycles. The Labute approximate surface area is 613 Å². The van der Waals surface area contributed by atoms with Crippen LogP contribution in [0, 0.1) is 11.8 Å². The quantitative estimate of drug-likeness (QED) is 0.0222. The maximum absolute atomic E-state index is 13.1. The zero-order valence-electron chi connectivity index (χ0n) is 65.5. The van der Waals surface area contributed by atoms with E-state index in [1.54, 1.807) is 0 Å². The van der Waals surface area contributed by atoms with Gasteiger partial charge in [0.15, 0.2) is 12.2 Å². The van der Waals surface area contributed by atoms with Crippen molar-refractivity contribution < 1.29 is 80.2 Å². The van der Waals surface area contributed by atoms with Gasteiger partial charge in [-0.15, -0.1) is 0 Å². The summed E-state index contributed by atoms with van der Waals surface area (Å²) in [5, 5.41) is 10.6. The number of carbonyl (C=O) groups is 4. The van der Waals surface area contributed by atoms with Crippen LogP contribution in [-0.4, -0.2) is 96.7 Å². The van der Waals surface area contributed by atoms with Crippen molar-refractivity contribution in [3.05, 3.63) is 0 Å². The van der Waals surface area contributed by atoms with E-state index in [9.17, 15) is 43.2 Å². The topological polar surface area (TPSA) is 237 Å². The first-order valence-electron chi connectivity index (χ1n) is 42.0. The highest BCUT2D eigenvalue weighted by atomic mass is 31.2. The molecule has 0 amide bonds. The van der Waals surface area contributed by atoms with Gasteiger partial charge in [0.1, 0.15) is 19.3 Å². The average Bonchev–Trinajstić information content (AvgIpc) is 0.976. The van der Waals surface area contributed by atoms with Crippen molar-refractivity contribution in [2.75, 3.05) is 39.6 Å². The number of phosphoric acid groups is 2. The number of carbonyl (C=O) groups excluding carboxylic acids is 4. The summed E-state index contributed by atoms with van der Waals surface area (Å²) in [6.45, 7) is 9.66. The molecule has 0 bridgehead atoms. The normalized spacial score (nSPS) is 13.9.